The molecular formula is C10H12BrN5S. The molecule has 2 aromatic heterocycles. The van der Waals surface area contributed by atoms with Crippen molar-refractivity contribution >= 4 is 39.0 Å². The van der Waals surface area contributed by atoms with E-state index in [0.717, 1.165) is 11.6 Å². The second-order valence-corrected chi connectivity index (χ2v) is 5.33. The molecule has 0 fully saturated rings. The van der Waals surface area contributed by atoms with E-state index in [1.54, 1.807) is 17.4 Å². The Hall–Kier alpha value is -1.21. The highest BCUT2D eigenvalue weighted by Crippen LogP contribution is 2.18. The molecule has 2 heterocycles. The largest absolute Gasteiger partial charge is 0.383 e. The van der Waals surface area contributed by atoms with Gasteiger partial charge in [0.1, 0.15) is 10.4 Å². The van der Waals surface area contributed by atoms with Gasteiger partial charge in [0.15, 0.2) is 0 Å². The first-order valence-corrected chi connectivity index (χ1v) is 6.75. The predicted molar refractivity (Wildman–Crippen MR) is 73.2 cm³/mol. The Balaban J connectivity index is 1.98. The second kappa shape index (κ2) is 5.42. The standard InChI is InChI=1S/C10H12BrN5S/c1-6(9-13-2-3-17-9)5-14-10-15-7(11)4-8(12)16-10/h2-4,6H,5H2,1H3,(H3,12,14,15,16). The van der Waals surface area contributed by atoms with Crippen molar-refractivity contribution in [3.05, 3.63) is 27.3 Å². The van der Waals surface area contributed by atoms with Gasteiger partial charge in [-0.2, -0.15) is 4.98 Å². The number of nitrogens with two attached hydrogens (primary N) is 1. The van der Waals surface area contributed by atoms with Crippen LogP contribution < -0.4 is 11.1 Å². The van der Waals surface area contributed by atoms with Crippen LogP contribution in [0.15, 0.2) is 22.2 Å². The molecule has 0 aliphatic carbocycles. The second-order valence-electron chi connectivity index (χ2n) is 3.59. The van der Waals surface area contributed by atoms with Crippen molar-refractivity contribution in [3.63, 3.8) is 0 Å². The first kappa shape index (κ1) is 12.3. The number of thiazole rings is 1. The Bertz CT molecular complexity index is 467. The Morgan fingerprint density at radius 3 is 3.00 bits per heavy atom. The number of rotatable bonds is 4. The summed E-state index contributed by atoms with van der Waals surface area (Å²) < 4.78 is 0.675. The van der Waals surface area contributed by atoms with Crippen LogP contribution in [0.5, 0.6) is 0 Å². The average Bonchev–Trinajstić information content (AvgIpc) is 2.78. The molecule has 2 rings (SSSR count). The van der Waals surface area contributed by atoms with Crippen LogP contribution in [-0.4, -0.2) is 21.5 Å². The van der Waals surface area contributed by atoms with E-state index in [9.17, 15) is 0 Å². The van der Waals surface area contributed by atoms with Gasteiger partial charge < -0.3 is 11.1 Å². The van der Waals surface area contributed by atoms with Gasteiger partial charge in [-0.3, -0.25) is 0 Å². The van der Waals surface area contributed by atoms with Crippen molar-refractivity contribution in [3.8, 4) is 0 Å². The summed E-state index contributed by atoms with van der Waals surface area (Å²) in [7, 11) is 0. The van der Waals surface area contributed by atoms with E-state index in [0.29, 0.717) is 22.3 Å². The summed E-state index contributed by atoms with van der Waals surface area (Å²) in [5.74, 6) is 1.29. The highest BCUT2D eigenvalue weighted by Gasteiger charge is 2.09. The van der Waals surface area contributed by atoms with Gasteiger partial charge in [-0.05, 0) is 15.9 Å². The molecule has 0 saturated heterocycles. The smallest absolute Gasteiger partial charge is 0.225 e. The maximum atomic E-state index is 5.63. The minimum atomic E-state index is 0.318. The Morgan fingerprint density at radius 1 is 1.53 bits per heavy atom. The highest BCUT2D eigenvalue weighted by molar-refractivity contribution is 9.10. The average molecular weight is 314 g/mol. The topological polar surface area (TPSA) is 76.7 Å². The number of anilines is 2. The lowest BCUT2D eigenvalue weighted by Crippen LogP contribution is -2.12. The van der Waals surface area contributed by atoms with Crippen LogP contribution in [0.25, 0.3) is 0 Å². The third-order valence-corrected chi connectivity index (χ3v) is 3.57. The van der Waals surface area contributed by atoms with Crippen molar-refractivity contribution < 1.29 is 0 Å². The molecule has 0 aliphatic rings. The molecule has 1 unspecified atom stereocenters. The summed E-state index contributed by atoms with van der Waals surface area (Å²) in [5, 5.41) is 6.22. The number of nitrogens with one attached hydrogen (secondary N) is 1. The first-order chi connectivity index (χ1) is 8.15. The lowest BCUT2D eigenvalue weighted by molar-refractivity contribution is 0.787. The van der Waals surface area contributed by atoms with Gasteiger partial charge >= 0.3 is 0 Å². The van der Waals surface area contributed by atoms with Crippen molar-refractivity contribution in [2.75, 3.05) is 17.6 Å². The van der Waals surface area contributed by atoms with Gasteiger partial charge in [-0.15, -0.1) is 11.3 Å². The molecule has 7 heteroatoms. The summed E-state index contributed by atoms with van der Waals surface area (Å²) in [6.45, 7) is 2.83. The van der Waals surface area contributed by atoms with Crippen LogP contribution in [-0.2, 0) is 0 Å². The molecule has 5 nitrogen and oxygen atoms in total. The third kappa shape index (κ3) is 3.37. The minimum absolute atomic E-state index is 0.318. The zero-order valence-electron chi connectivity index (χ0n) is 9.22. The van der Waals surface area contributed by atoms with Crippen LogP contribution in [0.2, 0.25) is 0 Å². The number of nitrogen functional groups attached to an aromatic ring is 1. The number of hydrogen-bond donors (Lipinski definition) is 2. The number of aromatic nitrogens is 3. The Morgan fingerprint density at radius 2 is 2.35 bits per heavy atom. The molecule has 0 aliphatic heterocycles. The fourth-order valence-electron chi connectivity index (χ4n) is 1.32. The van der Waals surface area contributed by atoms with E-state index in [1.807, 2.05) is 11.6 Å². The van der Waals surface area contributed by atoms with Crippen molar-refractivity contribution in [2.24, 2.45) is 0 Å². The summed E-state index contributed by atoms with van der Waals surface area (Å²) in [5.41, 5.74) is 5.63. The molecule has 17 heavy (non-hydrogen) atoms. The first-order valence-electron chi connectivity index (χ1n) is 5.08. The molecule has 3 N–H and O–H groups in total. The van der Waals surface area contributed by atoms with Crippen LogP contribution >= 0.6 is 27.3 Å². The zero-order valence-corrected chi connectivity index (χ0v) is 11.6. The number of hydrogen-bond acceptors (Lipinski definition) is 6. The predicted octanol–water partition coefficient (Wildman–Crippen LogP) is 2.49. The van der Waals surface area contributed by atoms with Crippen LogP contribution in [0.1, 0.15) is 17.8 Å². The summed E-state index contributed by atoms with van der Waals surface area (Å²) in [6, 6.07) is 1.66. The molecule has 0 amide bonds. The summed E-state index contributed by atoms with van der Waals surface area (Å²) in [6.07, 6.45) is 1.81. The van der Waals surface area contributed by atoms with Gasteiger partial charge in [0.25, 0.3) is 0 Å². The SMILES string of the molecule is CC(CNc1nc(N)cc(Br)n1)c1nccs1. The van der Waals surface area contributed by atoms with E-state index in [4.69, 9.17) is 5.73 Å². The van der Waals surface area contributed by atoms with Crippen molar-refractivity contribution in [1.29, 1.82) is 0 Å². The summed E-state index contributed by atoms with van der Waals surface area (Å²) >= 11 is 4.92. The Labute approximate surface area is 112 Å². The van der Waals surface area contributed by atoms with Crippen molar-refractivity contribution in [1.82, 2.24) is 15.0 Å². The molecule has 1 atom stereocenters. The third-order valence-electron chi connectivity index (χ3n) is 2.15. The maximum Gasteiger partial charge on any atom is 0.225 e. The molecule has 2 aromatic rings. The van der Waals surface area contributed by atoms with E-state index in [1.165, 1.54) is 0 Å². The molecular weight excluding hydrogens is 302 g/mol. The van der Waals surface area contributed by atoms with Gasteiger partial charge in [0.2, 0.25) is 5.95 Å². The summed E-state index contributed by atoms with van der Waals surface area (Å²) in [4.78, 5) is 12.5. The maximum absolute atomic E-state index is 5.63. The van der Waals surface area contributed by atoms with Crippen LogP contribution in [0.3, 0.4) is 0 Å². The fraction of sp³-hybridized carbons (Fsp3) is 0.300. The normalized spacial score (nSPS) is 12.4. The molecule has 0 bridgehead atoms. The van der Waals surface area contributed by atoms with Crippen LogP contribution in [0.4, 0.5) is 11.8 Å². The molecule has 0 aromatic carbocycles. The van der Waals surface area contributed by atoms with Gasteiger partial charge in [0.05, 0.1) is 5.01 Å². The lowest BCUT2D eigenvalue weighted by atomic mass is 10.2. The van der Waals surface area contributed by atoms with E-state index >= 15 is 0 Å². The monoisotopic (exact) mass is 313 g/mol. The Kier molecular flexibility index (Phi) is 3.90. The number of halogens is 1. The molecule has 0 saturated carbocycles. The van der Waals surface area contributed by atoms with Gasteiger partial charge in [-0.25, -0.2) is 9.97 Å². The van der Waals surface area contributed by atoms with Gasteiger partial charge in [-0.1, -0.05) is 6.92 Å². The van der Waals surface area contributed by atoms with E-state index in [2.05, 4.69) is 43.1 Å². The quantitative estimate of drug-likeness (QED) is 0.848. The van der Waals surface area contributed by atoms with Gasteiger partial charge in [0, 0.05) is 30.1 Å². The minimum Gasteiger partial charge on any atom is -0.383 e. The fourth-order valence-corrected chi connectivity index (χ4v) is 2.42. The molecule has 0 spiro atoms. The highest BCUT2D eigenvalue weighted by atomic mass is 79.9. The van der Waals surface area contributed by atoms with E-state index in [-0.39, 0.29) is 0 Å². The zero-order chi connectivity index (χ0) is 12.3. The number of nitrogens with zero attached hydrogens (tertiary/aromatic N) is 3. The van der Waals surface area contributed by atoms with Crippen LogP contribution in [0, 0.1) is 0 Å². The van der Waals surface area contributed by atoms with Crippen molar-refractivity contribution in [2.45, 2.75) is 12.8 Å². The van der Waals surface area contributed by atoms with E-state index < -0.39 is 0 Å². The molecule has 0 radical (unpaired) electrons. The molecule has 90 valence electrons. The lowest BCUT2D eigenvalue weighted by Gasteiger charge is -2.10.